The number of sulfonamides is 2. The number of rotatable bonds is 9. The molecule has 0 radical (unpaired) electrons. The minimum Gasteiger partial charge on any atom is -0.300 e. The summed E-state index contributed by atoms with van der Waals surface area (Å²) >= 11 is 0. The maximum atomic E-state index is 12.8. The Kier molecular flexibility index (Phi) is 7.76. The van der Waals surface area contributed by atoms with Crippen LogP contribution in [0.5, 0.6) is 0 Å². The number of hydrogen-bond acceptors (Lipinski definition) is 6. The van der Waals surface area contributed by atoms with E-state index in [1.54, 1.807) is 0 Å². The number of nitrogens with zero attached hydrogens (tertiary/aromatic N) is 3. The summed E-state index contributed by atoms with van der Waals surface area (Å²) in [5, 5.41) is 8.64. The van der Waals surface area contributed by atoms with Crippen molar-refractivity contribution in [3.05, 3.63) is 24.3 Å². The molecule has 27 heavy (non-hydrogen) atoms. The maximum absolute atomic E-state index is 12.8. The molecule has 1 N–H and O–H groups in total. The lowest BCUT2D eigenvalue weighted by atomic mass is 10.3. The molecule has 1 aliphatic heterocycles. The van der Waals surface area contributed by atoms with Gasteiger partial charge in [-0.2, -0.15) is 9.57 Å². The molecule has 8 nitrogen and oxygen atoms in total. The van der Waals surface area contributed by atoms with Crippen molar-refractivity contribution in [3.8, 4) is 6.07 Å². The van der Waals surface area contributed by atoms with E-state index in [2.05, 4.69) is 15.7 Å². The molecule has 0 aliphatic carbocycles. The maximum Gasteiger partial charge on any atom is 0.243 e. The van der Waals surface area contributed by atoms with Gasteiger partial charge in [-0.3, -0.25) is 4.90 Å². The van der Waals surface area contributed by atoms with Gasteiger partial charge in [0.2, 0.25) is 20.0 Å². The summed E-state index contributed by atoms with van der Waals surface area (Å²) in [5.41, 5.74) is 0. The van der Waals surface area contributed by atoms with E-state index in [1.807, 2.05) is 6.92 Å². The van der Waals surface area contributed by atoms with Crippen LogP contribution in [0.15, 0.2) is 34.1 Å². The smallest absolute Gasteiger partial charge is 0.243 e. The highest BCUT2D eigenvalue weighted by Crippen LogP contribution is 2.20. The Hall–Kier alpha value is -1.51. The summed E-state index contributed by atoms with van der Waals surface area (Å²) in [7, 11) is -7.29. The monoisotopic (exact) mass is 414 g/mol. The minimum atomic E-state index is -3.66. The zero-order valence-electron chi connectivity index (χ0n) is 15.5. The highest BCUT2D eigenvalue weighted by atomic mass is 32.2. The van der Waals surface area contributed by atoms with Crippen LogP contribution >= 0.6 is 0 Å². The molecule has 0 amide bonds. The number of hydrogen-bond donors (Lipinski definition) is 1. The zero-order valence-corrected chi connectivity index (χ0v) is 17.1. The second-order valence-corrected chi connectivity index (χ2v) is 10.1. The van der Waals surface area contributed by atoms with Gasteiger partial charge >= 0.3 is 0 Å². The molecule has 0 aromatic heterocycles. The van der Waals surface area contributed by atoms with Crippen LogP contribution < -0.4 is 4.72 Å². The number of piperazine rings is 1. The predicted molar refractivity (Wildman–Crippen MR) is 102 cm³/mol. The molecular weight excluding hydrogens is 388 g/mol. The van der Waals surface area contributed by atoms with Gasteiger partial charge in [0.25, 0.3) is 0 Å². The normalized spacial score (nSPS) is 16.9. The van der Waals surface area contributed by atoms with E-state index in [9.17, 15) is 16.8 Å². The van der Waals surface area contributed by atoms with Gasteiger partial charge in [0.05, 0.1) is 15.9 Å². The van der Waals surface area contributed by atoms with E-state index in [0.29, 0.717) is 45.7 Å². The highest BCUT2D eigenvalue weighted by Gasteiger charge is 2.28. The van der Waals surface area contributed by atoms with E-state index >= 15 is 0 Å². The molecule has 0 unspecified atom stereocenters. The molecule has 0 atom stereocenters. The second kappa shape index (κ2) is 9.61. The third kappa shape index (κ3) is 5.73. The number of unbranched alkanes of at least 4 members (excludes halogenated alkanes) is 1. The SMILES string of the molecule is CCCCNS(=O)(=O)c1ccc(S(=O)(=O)N2CCN(CCC#N)CC2)cc1. The molecule has 1 aromatic rings. The first-order valence-electron chi connectivity index (χ1n) is 9.00. The summed E-state index contributed by atoms with van der Waals surface area (Å²) in [4.78, 5) is 2.20. The Labute approximate surface area is 161 Å². The second-order valence-electron chi connectivity index (χ2n) is 6.38. The Morgan fingerprint density at radius 3 is 2.19 bits per heavy atom. The first-order chi connectivity index (χ1) is 12.8. The molecule has 1 aliphatic rings. The molecule has 0 spiro atoms. The van der Waals surface area contributed by atoms with E-state index in [0.717, 1.165) is 12.8 Å². The fraction of sp³-hybridized carbons (Fsp3) is 0.588. The molecule has 1 aromatic carbocycles. The number of benzene rings is 1. The van der Waals surface area contributed by atoms with Crippen molar-refractivity contribution in [2.45, 2.75) is 36.0 Å². The van der Waals surface area contributed by atoms with Gasteiger partial charge < -0.3 is 0 Å². The van der Waals surface area contributed by atoms with E-state index in [-0.39, 0.29) is 9.79 Å². The molecule has 0 bridgehead atoms. The van der Waals surface area contributed by atoms with Gasteiger partial charge in [-0.25, -0.2) is 21.6 Å². The average Bonchev–Trinajstić information content (AvgIpc) is 2.67. The lowest BCUT2D eigenvalue weighted by Gasteiger charge is -2.33. The third-order valence-corrected chi connectivity index (χ3v) is 7.86. The van der Waals surface area contributed by atoms with Crippen molar-refractivity contribution < 1.29 is 16.8 Å². The van der Waals surface area contributed by atoms with Crippen LogP contribution in [-0.2, 0) is 20.0 Å². The van der Waals surface area contributed by atoms with Crippen molar-refractivity contribution >= 4 is 20.0 Å². The van der Waals surface area contributed by atoms with Crippen molar-refractivity contribution in [2.75, 3.05) is 39.3 Å². The summed E-state index contributed by atoms with van der Waals surface area (Å²) < 4.78 is 53.8. The van der Waals surface area contributed by atoms with Crippen molar-refractivity contribution in [1.29, 1.82) is 5.26 Å². The van der Waals surface area contributed by atoms with Gasteiger partial charge in [0.1, 0.15) is 0 Å². The van der Waals surface area contributed by atoms with Gasteiger partial charge in [0, 0.05) is 45.7 Å². The van der Waals surface area contributed by atoms with Crippen LogP contribution in [0, 0.1) is 11.3 Å². The molecule has 0 saturated carbocycles. The van der Waals surface area contributed by atoms with Gasteiger partial charge in [-0.05, 0) is 30.7 Å². The molecule has 10 heteroatoms. The fourth-order valence-electron chi connectivity index (χ4n) is 2.81. The van der Waals surface area contributed by atoms with Gasteiger partial charge in [-0.1, -0.05) is 13.3 Å². The topological polar surface area (TPSA) is 111 Å². The average molecular weight is 415 g/mol. The Bertz CT molecular complexity index is 853. The summed E-state index contributed by atoms with van der Waals surface area (Å²) in [5.74, 6) is 0. The van der Waals surface area contributed by atoms with Crippen molar-refractivity contribution in [2.24, 2.45) is 0 Å². The lowest BCUT2D eigenvalue weighted by Crippen LogP contribution is -2.48. The molecular formula is C17H26N4O4S2. The largest absolute Gasteiger partial charge is 0.300 e. The van der Waals surface area contributed by atoms with Gasteiger partial charge in [0.15, 0.2) is 0 Å². The van der Waals surface area contributed by atoms with E-state index in [4.69, 9.17) is 5.26 Å². The first-order valence-corrected chi connectivity index (χ1v) is 11.9. The molecule has 1 fully saturated rings. The molecule has 2 rings (SSSR count). The fourth-order valence-corrected chi connectivity index (χ4v) is 5.30. The van der Waals surface area contributed by atoms with Crippen LogP contribution in [-0.4, -0.2) is 65.3 Å². The number of nitrogens with one attached hydrogen (secondary N) is 1. The van der Waals surface area contributed by atoms with E-state index < -0.39 is 20.0 Å². The molecule has 1 heterocycles. The van der Waals surface area contributed by atoms with Crippen LogP contribution in [0.2, 0.25) is 0 Å². The van der Waals surface area contributed by atoms with Crippen molar-refractivity contribution in [3.63, 3.8) is 0 Å². The van der Waals surface area contributed by atoms with Gasteiger partial charge in [-0.15, -0.1) is 0 Å². The zero-order chi connectivity index (χ0) is 19.9. The van der Waals surface area contributed by atoms with E-state index in [1.165, 1.54) is 28.6 Å². The van der Waals surface area contributed by atoms with Crippen LogP contribution in [0.1, 0.15) is 26.2 Å². The summed E-state index contributed by atoms with van der Waals surface area (Å²) in [6.07, 6.45) is 2.05. The minimum absolute atomic E-state index is 0.0545. The van der Waals surface area contributed by atoms with Crippen LogP contribution in [0.25, 0.3) is 0 Å². The first kappa shape index (κ1) is 21.8. The summed E-state index contributed by atoms with van der Waals surface area (Å²) in [6, 6.07) is 7.41. The summed E-state index contributed by atoms with van der Waals surface area (Å²) in [6.45, 7) is 4.83. The standard InChI is InChI=1S/C17H26N4O4S2/c1-2-3-10-19-26(22,23)16-5-7-17(8-6-16)27(24,25)21-14-12-20(13-15-21)11-4-9-18/h5-8,19H,2-4,10-15H2,1H3. The third-order valence-electron chi connectivity index (χ3n) is 4.47. The predicted octanol–water partition coefficient (Wildman–Crippen LogP) is 0.985. The Morgan fingerprint density at radius 2 is 1.63 bits per heavy atom. The Balaban J connectivity index is 2.04. The van der Waals surface area contributed by atoms with Crippen LogP contribution in [0.3, 0.4) is 0 Å². The number of nitriles is 1. The van der Waals surface area contributed by atoms with Crippen LogP contribution in [0.4, 0.5) is 0 Å². The lowest BCUT2D eigenvalue weighted by molar-refractivity contribution is 0.191. The van der Waals surface area contributed by atoms with Crippen molar-refractivity contribution in [1.82, 2.24) is 13.9 Å². The Morgan fingerprint density at radius 1 is 1.04 bits per heavy atom. The molecule has 1 saturated heterocycles. The quantitative estimate of drug-likeness (QED) is 0.603. The highest BCUT2D eigenvalue weighted by molar-refractivity contribution is 7.89. The molecule has 150 valence electrons.